The van der Waals surface area contributed by atoms with Crippen molar-refractivity contribution in [2.45, 2.75) is 20.4 Å². The first-order valence-electron chi connectivity index (χ1n) is 8.31. The first-order chi connectivity index (χ1) is 12.9. The van der Waals surface area contributed by atoms with E-state index in [-0.39, 0.29) is 5.91 Å². The van der Waals surface area contributed by atoms with Crippen molar-refractivity contribution in [2.75, 3.05) is 0 Å². The number of aromatic nitrogens is 2. The average molecular weight is 401 g/mol. The van der Waals surface area contributed by atoms with Gasteiger partial charge in [0, 0.05) is 11.3 Å². The minimum atomic E-state index is -0.290. The molecule has 0 radical (unpaired) electrons. The van der Waals surface area contributed by atoms with Crippen LogP contribution in [0.4, 0.5) is 0 Å². The number of nitrogens with zero attached hydrogens (tertiary/aromatic N) is 3. The number of halogens is 2. The lowest BCUT2D eigenvalue weighted by Crippen LogP contribution is -2.18. The van der Waals surface area contributed by atoms with Crippen LogP contribution in [0.25, 0.3) is 0 Å². The van der Waals surface area contributed by atoms with Gasteiger partial charge >= 0.3 is 0 Å². The summed E-state index contributed by atoms with van der Waals surface area (Å²) in [7, 11) is 0. The molecule has 0 bridgehead atoms. The van der Waals surface area contributed by atoms with E-state index in [2.05, 4.69) is 15.6 Å². The van der Waals surface area contributed by atoms with E-state index in [4.69, 9.17) is 23.2 Å². The Hall–Kier alpha value is -2.63. The fraction of sp³-hybridized carbons (Fsp3) is 0.150. The molecule has 0 aliphatic carbocycles. The molecular weight excluding hydrogens is 383 g/mol. The van der Waals surface area contributed by atoms with Gasteiger partial charge in [0.1, 0.15) is 0 Å². The summed E-state index contributed by atoms with van der Waals surface area (Å²) in [5.74, 6) is -0.290. The zero-order chi connectivity index (χ0) is 19.4. The number of benzene rings is 2. The molecule has 7 heteroatoms. The van der Waals surface area contributed by atoms with Crippen molar-refractivity contribution >= 4 is 35.3 Å². The predicted octanol–water partition coefficient (Wildman–Crippen LogP) is 4.62. The second-order valence-corrected chi connectivity index (χ2v) is 6.97. The van der Waals surface area contributed by atoms with E-state index < -0.39 is 0 Å². The third kappa shape index (κ3) is 4.96. The minimum absolute atomic E-state index is 0.290. The van der Waals surface area contributed by atoms with Crippen LogP contribution in [0.5, 0.6) is 0 Å². The van der Waals surface area contributed by atoms with Gasteiger partial charge in [0.15, 0.2) is 0 Å². The molecule has 0 saturated heterocycles. The summed E-state index contributed by atoms with van der Waals surface area (Å²) in [6, 6.07) is 14.5. The lowest BCUT2D eigenvalue weighted by atomic mass is 10.1. The Kier molecular flexibility index (Phi) is 5.94. The summed E-state index contributed by atoms with van der Waals surface area (Å²) < 4.78 is 1.91. The summed E-state index contributed by atoms with van der Waals surface area (Å²) in [6.45, 7) is 4.57. The number of amides is 1. The molecule has 2 aromatic carbocycles. The molecule has 1 N–H and O–H groups in total. The van der Waals surface area contributed by atoms with Gasteiger partial charge in [0.25, 0.3) is 5.91 Å². The van der Waals surface area contributed by atoms with Crippen molar-refractivity contribution < 1.29 is 4.79 Å². The Morgan fingerprint density at radius 2 is 1.96 bits per heavy atom. The fourth-order valence-electron chi connectivity index (χ4n) is 2.64. The molecule has 1 amide bonds. The van der Waals surface area contributed by atoms with Gasteiger partial charge < -0.3 is 0 Å². The maximum Gasteiger partial charge on any atom is 0.271 e. The highest BCUT2D eigenvalue weighted by molar-refractivity contribution is 6.42. The zero-order valence-electron chi connectivity index (χ0n) is 14.9. The van der Waals surface area contributed by atoms with Crippen molar-refractivity contribution in [2.24, 2.45) is 5.10 Å². The highest BCUT2D eigenvalue weighted by Gasteiger charge is 2.07. The standard InChI is InChI=1S/C20H18Cl2N4O/c1-13-8-14(2)26(25-13)12-16-4-3-5-17(9-16)20(27)24-23-11-15-6-7-18(21)19(22)10-15/h3-11H,12H2,1-2H3,(H,24,27). The SMILES string of the molecule is Cc1cc(C)n(Cc2cccc(C(=O)NN=Cc3ccc(Cl)c(Cl)c3)c2)n1. The van der Waals surface area contributed by atoms with Crippen molar-refractivity contribution in [1.29, 1.82) is 0 Å². The molecule has 27 heavy (non-hydrogen) atoms. The van der Waals surface area contributed by atoms with Gasteiger partial charge in [-0.1, -0.05) is 41.4 Å². The number of aryl methyl sites for hydroxylation is 2. The molecule has 0 spiro atoms. The Morgan fingerprint density at radius 1 is 1.15 bits per heavy atom. The summed E-state index contributed by atoms with van der Waals surface area (Å²) in [5, 5.41) is 9.33. The Bertz CT molecular complexity index is 1010. The quantitative estimate of drug-likeness (QED) is 0.501. The second-order valence-electron chi connectivity index (χ2n) is 6.16. The molecule has 3 aromatic rings. The molecule has 0 fully saturated rings. The van der Waals surface area contributed by atoms with E-state index in [1.54, 1.807) is 24.3 Å². The van der Waals surface area contributed by atoms with E-state index in [1.807, 2.05) is 42.8 Å². The molecule has 138 valence electrons. The van der Waals surface area contributed by atoms with E-state index >= 15 is 0 Å². The van der Waals surface area contributed by atoms with Crippen molar-refractivity contribution in [3.05, 3.63) is 86.7 Å². The predicted molar refractivity (Wildman–Crippen MR) is 109 cm³/mol. The Morgan fingerprint density at radius 3 is 2.67 bits per heavy atom. The number of carbonyl (C=O) groups excluding carboxylic acids is 1. The normalized spacial score (nSPS) is 11.1. The summed E-state index contributed by atoms with van der Waals surface area (Å²) in [6.07, 6.45) is 1.51. The van der Waals surface area contributed by atoms with E-state index in [0.29, 0.717) is 22.2 Å². The minimum Gasteiger partial charge on any atom is -0.267 e. The maximum atomic E-state index is 12.3. The van der Waals surface area contributed by atoms with Crippen LogP contribution in [-0.2, 0) is 6.54 Å². The third-order valence-electron chi connectivity index (χ3n) is 3.95. The van der Waals surface area contributed by atoms with Crippen LogP contribution in [-0.4, -0.2) is 21.9 Å². The van der Waals surface area contributed by atoms with Gasteiger partial charge in [0.05, 0.1) is 28.5 Å². The number of nitrogens with one attached hydrogen (secondary N) is 1. The number of rotatable bonds is 5. The molecular formula is C20H18Cl2N4O. The van der Waals surface area contributed by atoms with Gasteiger partial charge in [0.2, 0.25) is 0 Å². The van der Waals surface area contributed by atoms with Crippen LogP contribution >= 0.6 is 23.2 Å². The molecule has 0 unspecified atom stereocenters. The lowest BCUT2D eigenvalue weighted by Gasteiger charge is -2.07. The van der Waals surface area contributed by atoms with E-state index in [9.17, 15) is 4.79 Å². The molecule has 0 atom stereocenters. The maximum absolute atomic E-state index is 12.3. The average Bonchev–Trinajstić information content (AvgIpc) is 2.95. The molecule has 1 aromatic heterocycles. The van der Waals surface area contributed by atoms with Crippen LogP contribution in [0, 0.1) is 13.8 Å². The van der Waals surface area contributed by atoms with Gasteiger partial charge in [-0.05, 0) is 55.3 Å². The summed E-state index contributed by atoms with van der Waals surface area (Å²) >= 11 is 11.8. The topological polar surface area (TPSA) is 59.3 Å². The largest absolute Gasteiger partial charge is 0.271 e. The van der Waals surface area contributed by atoms with Gasteiger partial charge in [-0.15, -0.1) is 0 Å². The Labute approximate surface area is 167 Å². The van der Waals surface area contributed by atoms with Gasteiger partial charge in [-0.25, -0.2) is 5.43 Å². The van der Waals surface area contributed by atoms with E-state index in [0.717, 1.165) is 22.5 Å². The molecule has 0 aliphatic heterocycles. The molecule has 5 nitrogen and oxygen atoms in total. The Balaban J connectivity index is 1.67. The van der Waals surface area contributed by atoms with Crippen molar-refractivity contribution in [1.82, 2.24) is 15.2 Å². The van der Waals surface area contributed by atoms with E-state index in [1.165, 1.54) is 6.21 Å². The first kappa shape index (κ1) is 19.1. The van der Waals surface area contributed by atoms with Gasteiger partial charge in [-0.3, -0.25) is 9.48 Å². The van der Waals surface area contributed by atoms with Crippen LogP contribution < -0.4 is 5.43 Å². The number of hydrogen-bond acceptors (Lipinski definition) is 3. The summed E-state index contributed by atoms with van der Waals surface area (Å²) in [4.78, 5) is 12.3. The van der Waals surface area contributed by atoms with Crippen molar-refractivity contribution in [3.63, 3.8) is 0 Å². The van der Waals surface area contributed by atoms with Crippen LogP contribution in [0.2, 0.25) is 10.0 Å². The number of carbonyl (C=O) groups is 1. The molecule has 3 rings (SSSR count). The fourth-order valence-corrected chi connectivity index (χ4v) is 2.95. The van der Waals surface area contributed by atoms with Crippen LogP contribution in [0.3, 0.4) is 0 Å². The summed E-state index contributed by atoms with van der Waals surface area (Å²) in [5.41, 5.74) is 6.82. The highest BCUT2D eigenvalue weighted by Crippen LogP contribution is 2.21. The highest BCUT2D eigenvalue weighted by atomic mass is 35.5. The molecule has 1 heterocycles. The second kappa shape index (κ2) is 8.37. The van der Waals surface area contributed by atoms with Crippen LogP contribution in [0.1, 0.15) is 32.9 Å². The number of hydrogen-bond donors (Lipinski definition) is 1. The number of hydrazone groups is 1. The smallest absolute Gasteiger partial charge is 0.267 e. The first-order valence-corrected chi connectivity index (χ1v) is 9.06. The van der Waals surface area contributed by atoms with Gasteiger partial charge in [-0.2, -0.15) is 10.2 Å². The zero-order valence-corrected chi connectivity index (χ0v) is 16.4. The molecule has 0 aliphatic rings. The third-order valence-corrected chi connectivity index (χ3v) is 4.69. The molecule has 0 saturated carbocycles. The lowest BCUT2D eigenvalue weighted by molar-refractivity contribution is 0.0955. The monoisotopic (exact) mass is 400 g/mol. The van der Waals surface area contributed by atoms with Crippen LogP contribution in [0.15, 0.2) is 53.6 Å². The van der Waals surface area contributed by atoms with Crippen molar-refractivity contribution in [3.8, 4) is 0 Å².